The lowest BCUT2D eigenvalue weighted by Crippen LogP contribution is -2.25. The summed E-state index contributed by atoms with van der Waals surface area (Å²) in [6.45, 7) is 2.03. The molecular weight excluding hydrogens is 216 g/mol. The van der Waals surface area contributed by atoms with Crippen molar-refractivity contribution in [2.24, 2.45) is 0 Å². The van der Waals surface area contributed by atoms with E-state index in [0.717, 1.165) is 0 Å². The number of hydrogen-bond acceptors (Lipinski definition) is 3. The fourth-order valence-corrected chi connectivity index (χ4v) is 2.21. The van der Waals surface area contributed by atoms with E-state index in [0.29, 0.717) is 19.4 Å². The van der Waals surface area contributed by atoms with Crippen molar-refractivity contribution >= 4 is 10.0 Å². The molecule has 86 valence electrons. The van der Waals surface area contributed by atoms with Crippen molar-refractivity contribution in [1.82, 2.24) is 9.71 Å². The topological polar surface area (TPSA) is 82.2 Å². The molecule has 1 heterocycles. The molecule has 1 unspecified atom stereocenters. The van der Waals surface area contributed by atoms with E-state index in [2.05, 4.69) is 9.71 Å². The third-order valence-electron chi connectivity index (χ3n) is 1.97. The van der Waals surface area contributed by atoms with Crippen LogP contribution in [0.3, 0.4) is 0 Å². The maximum atomic E-state index is 11.5. The number of aromatic nitrogens is 1. The molecule has 3 N–H and O–H groups in total. The monoisotopic (exact) mass is 232 g/mol. The van der Waals surface area contributed by atoms with Crippen LogP contribution >= 0.6 is 0 Å². The predicted octanol–water partition coefficient (Wildman–Crippen LogP) is 0.454. The van der Waals surface area contributed by atoms with Crippen molar-refractivity contribution in [3.05, 3.63) is 18.5 Å². The molecule has 0 saturated carbocycles. The van der Waals surface area contributed by atoms with Gasteiger partial charge in [-0.1, -0.05) is 0 Å². The van der Waals surface area contributed by atoms with Gasteiger partial charge in [0.25, 0.3) is 0 Å². The highest BCUT2D eigenvalue weighted by Gasteiger charge is 2.12. The quantitative estimate of drug-likeness (QED) is 0.623. The Morgan fingerprint density at radius 1 is 1.60 bits per heavy atom. The van der Waals surface area contributed by atoms with Crippen LogP contribution in [0.1, 0.15) is 19.8 Å². The van der Waals surface area contributed by atoms with Gasteiger partial charge in [0.1, 0.15) is 0 Å². The summed E-state index contributed by atoms with van der Waals surface area (Å²) in [5, 5.41) is 8.98. The number of H-pyrrole nitrogens is 1. The highest BCUT2D eigenvalue weighted by atomic mass is 32.2. The lowest BCUT2D eigenvalue weighted by atomic mass is 10.2. The zero-order valence-electron chi connectivity index (χ0n) is 8.60. The van der Waals surface area contributed by atoms with Gasteiger partial charge in [0.15, 0.2) is 0 Å². The van der Waals surface area contributed by atoms with Crippen LogP contribution in [0, 0.1) is 0 Å². The Morgan fingerprint density at radius 2 is 2.33 bits per heavy atom. The van der Waals surface area contributed by atoms with Crippen LogP contribution in [0.25, 0.3) is 0 Å². The first-order valence-corrected chi connectivity index (χ1v) is 6.31. The van der Waals surface area contributed by atoms with E-state index in [1.54, 1.807) is 13.1 Å². The summed E-state index contributed by atoms with van der Waals surface area (Å²) in [4.78, 5) is 2.92. The molecule has 1 rings (SSSR count). The minimum Gasteiger partial charge on any atom is -0.393 e. The number of rotatable bonds is 6. The number of sulfonamides is 1. The van der Waals surface area contributed by atoms with Crippen LogP contribution in [0.2, 0.25) is 0 Å². The van der Waals surface area contributed by atoms with Gasteiger partial charge in [-0.05, 0) is 25.8 Å². The van der Waals surface area contributed by atoms with Crippen molar-refractivity contribution < 1.29 is 13.5 Å². The molecular formula is C9H16N2O3S. The first-order chi connectivity index (χ1) is 7.02. The Morgan fingerprint density at radius 3 is 2.87 bits per heavy atom. The average Bonchev–Trinajstić information content (AvgIpc) is 2.65. The molecule has 0 saturated heterocycles. The lowest BCUT2D eigenvalue weighted by molar-refractivity contribution is 0.182. The standard InChI is InChI=1S/C9H16N2O3S/c1-8(12)3-2-5-11-15(13,14)9-4-6-10-7-9/h4,6-8,10-12H,2-3,5H2,1H3. The molecule has 1 aromatic rings. The van der Waals surface area contributed by atoms with Crippen molar-refractivity contribution in [2.75, 3.05) is 6.54 Å². The van der Waals surface area contributed by atoms with Crippen molar-refractivity contribution in [3.8, 4) is 0 Å². The van der Waals surface area contributed by atoms with Gasteiger partial charge in [0, 0.05) is 18.9 Å². The van der Waals surface area contributed by atoms with E-state index in [1.807, 2.05) is 0 Å². The molecule has 0 amide bonds. The van der Waals surface area contributed by atoms with Crippen molar-refractivity contribution in [2.45, 2.75) is 30.8 Å². The number of aliphatic hydroxyl groups excluding tert-OH is 1. The fraction of sp³-hybridized carbons (Fsp3) is 0.556. The molecule has 0 aliphatic carbocycles. The molecule has 1 aromatic heterocycles. The second kappa shape index (κ2) is 5.29. The van der Waals surface area contributed by atoms with Gasteiger partial charge >= 0.3 is 0 Å². The van der Waals surface area contributed by atoms with Crippen LogP contribution in [0.15, 0.2) is 23.4 Å². The summed E-state index contributed by atoms with van der Waals surface area (Å²) in [7, 11) is -3.38. The first kappa shape index (κ1) is 12.2. The zero-order chi connectivity index (χ0) is 11.3. The molecule has 0 aromatic carbocycles. The molecule has 0 aliphatic heterocycles. The highest BCUT2D eigenvalue weighted by Crippen LogP contribution is 2.06. The largest absolute Gasteiger partial charge is 0.393 e. The number of nitrogens with one attached hydrogen (secondary N) is 2. The van der Waals surface area contributed by atoms with Crippen LogP contribution in [-0.2, 0) is 10.0 Å². The van der Waals surface area contributed by atoms with Gasteiger partial charge in [-0.25, -0.2) is 13.1 Å². The summed E-state index contributed by atoms with van der Waals surface area (Å²) in [5.74, 6) is 0. The average molecular weight is 232 g/mol. The summed E-state index contributed by atoms with van der Waals surface area (Å²) >= 11 is 0. The van der Waals surface area contributed by atoms with Crippen LogP contribution < -0.4 is 4.72 Å². The Kier molecular flexibility index (Phi) is 4.31. The van der Waals surface area contributed by atoms with Crippen LogP contribution in [0.4, 0.5) is 0 Å². The molecule has 0 fully saturated rings. The summed E-state index contributed by atoms with van der Waals surface area (Å²) in [6, 6.07) is 1.50. The molecule has 0 radical (unpaired) electrons. The zero-order valence-corrected chi connectivity index (χ0v) is 9.42. The van der Waals surface area contributed by atoms with E-state index in [9.17, 15) is 8.42 Å². The highest BCUT2D eigenvalue weighted by molar-refractivity contribution is 7.89. The second-order valence-corrected chi connectivity index (χ2v) is 5.20. The van der Waals surface area contributed by atoms with Crippen LogP contribution in [0.5, 0.6) is 0 Å². The van der Waals surface area contributed by atoms with E-state index >= 15 is 0 Å². The summed E-state index contributed by atoms with van der Waals surface area (Å²) in [5.41, 5.74) is 0. The van der Waals surface area contributed by atoms with Gasteiger partial charge in [0.05, 0.1) is 11.0 Å². The second-order valence-electron chi connectivity index (χ2n) is 3.44. The maximum Gasteiger partial charge on any atom is 0.242 e. The van der Waals surface area contributed by atoms with Gasteiger partial charge in [-0.2, -0.15) is 0 Å². The van der Waals surface area contributed by atoms with E-state index in [1.165, 1.54) is 12.3 Å². The SMILES string of the molecule is CC(O)CCCNS(=O)(=O)c1cc[nH]c1. The first-order valence-electron chi connectivity index (χ1n) is 4.83. The fourth-order valence-electron chi connectivity index (χ4n) is 1.16. The van der Waals surface area contributed by atoms with Crippen molar-refractivity contribution in [3.63, 3.8) is 0 Å². The minimum atomic E-state index is -3.38. The summed E-state index contributed by atoms with van der Waals surface area (Å²) < 4.78 is 25.5. The third kappa shape index (κ3) is 4.03. The Hall–Kier alpha value is -0.850. The minimum absolute atomic E-state index is 0.236. The van der Waals surface area contributed by atoms with Gasteiger partial charge in [-0.15, -0.1) is 0 Å². The molecule has 5 nitrogen and oxygen atoms in total. The van der Waals surface area contributed by atoms with E-state index < -0.39 is 10.0 Å². The predicted molar refractivity (Wildman–Crippen MR) is 56.9 cm³/mol. The Balaban J connectivity index is 2.39. The van der Waals surface area contributed by atoms with E-state index in [4.69, 9.17) is 5.11 Å². The third-order valence-corrected chi connectivity index (χ3v) is 3.43. The molecule has 1 atom stereocenters. The lowest BCUT2D eigenvalue weighted by Gasteiger charge is -2.05. The Labute approximate surface area is 89.6 Å². The normalized spacial score (nSPS) is 14.0. The maximum absolute atomic E-state index is 11.5. The van der Waals surface area contributed by atoms with Gasteiger partial charge in [-0.3, -0.25) is 0 Å². The van der Waals surface area contributed by atoms with Crippen molar-refractivity contribution in [1.29, 1.82) is 0 Å². The smallest absolute Gasteiger partial charge is 0.242 e. The van der Waals surface area contributed by atoms with Gasteiger partial charge < -0.3 is 10.1 Å². The molecule has 0 spiro atoms. The molecule has 0 aliphatic rings. The summed E-state index contributed by atoms with van der Waals surface area (Å²) in [6.07, 6.45) is 3.82. The number of aliphatic hydroxyl groups is 1. The number of hydrogen-bond donors (Lipinski definition) is 3. The Bertz CT molecular complexity index is 370. The van der Waals surface area contributed by atoms with E-state index in [-0.39, 0.29) is 11.0 Å². The molecule has 15 heavy (non-hydrogen) atoms. The molecule has 0 bridgehead atoms. The van der Waals surface area contributed by atoms with Crippen LogP contribution in [-0.4, -0.2) is 31.2 Å². The molecule has 6 heteroatoms. The number of aromatic amines is 1. The van der Waals surface area contributed by atoms with Gasteiger partial charge in [0.2, 0.25) is 10.0 Å².